The number of benzene rings is 1. The van der Waals surface area contributed by atoms with Crippen molar-refractivity contribution in [2.24, 2.45) is 5.92 Å². The van der Waals surface area contributed by atoms with Crippen LogP contribution in [0, 0.1) is 17.8 Å². The van der Waals surface area contributed by atoms with Gasteiger partial charge in [0.2, 0.25) is 0 Å². The molecule has 0 atom stereocenters. The van der Waals surface area contributed by atoms with Crippen LogP contribution >= 0.6 is 0 Å². The first-order chi connectivity index (χ1) is 8.90. The molecule has 1 fully saturated rings. The summed E-state index contributed by atoms with van der Waals surface area (Å²) in [4.78, 5) is 0. The number of hydrogen-bond acceptors (Lipinski definition) is 2. The van der Waals surface area contributed by atoms with Crippen LogP contribution in [0.25, 0.3) is 0 Å². The predicted molar refractivity (Wildman–Crippen MR) is 72.5 cm³/mol. The molecule has 0 bridgehead atoms. The summed E-state index contributed by atoms with van der Waals surface area (Å²) in [7, 11) is 0. The summed E-state index contributed by atoms with van der Waals surface area (Å²) < 4.78 is 5.89. The van der Waals surface area contributed by atoms with E-state index >= 15 is 0 Å². The molecule has 0 amide bonds. The van der Waals surface area contributed by atoms with Gasteiger partial charge in [0, 0.05) is 0 Å². The van der Waals surface area contributed by atoms with E-state index in [-0.39, 0.29) is 6.61 Å². The Labute approximate surface area is 109 Å². The van der Waals surface area contributed by atoms with Crippen molar-refractivity contribution in [3.05, 3.63) is 29.8 Å². The van der Waals surface area contributed by atoms with Gasteiger partial charge in [-0.3, -0.25) is 0 Å². The minimum Gasteiger partial charge on any atom is -0.492 e. The van der Waals surface area contributed by atoms with Crippen LogP contribution in [0.3, 0.4) is 0 Å². The highest BCUT2D eigenvalue weighted by Crippen LogP contribution is 2.25. The van der Waals surface area contributed by atoms with Gasteiger partial charge in [0.05, 0.1) is 12.2 Å². The molecule has 0 spiro atoms. The predicted octanol–water partition coefficient (Wildman–Crippen LogP) is 2.99. The molecule has 1 aromatic carbocycles. The van der Waals surface area contributed by atoms with Crippen LogP contribution in [-0.4, -0.2) is 18.3 Å². The van der Waals surface area contributed by atoms with Gasteiger partial charge in [-0.2, -0.15) is 0 Å². The Balaban J connectivity index is 1.95. The minimum absolute atomic E-state index is 0.114. The Morgan fingerprint density at radius 1 is 1.17 bits per heavy atom. The molecule has 1 aliphatic carbocycles. The summed E-state index contributed by atoms with van der Waals surface area (Å²) in [5.41, 5.74) is 0.863. The molecule has 0 aliphatic heterocycles. The first-order valence-corrected chi connectivity index (χ1v) is 6.71. The highest BCUT2D eigenvalue weighted by atomic mass is 16.5. The summed E-state index contributed by atoms with van der Waals surface area (Å²) in [6.45, 7) is 0.675. The molecule has 1 aromatic rings. The van der Waals surface area contributed by atoms with Gasteiger partial charge in [0.1, 0.15) is 12.4 Å². The minimum atomic E-state index is -0.114. The third kappa shape index (κ3) is 3.78. The number of para-hydroxylation sites is 1. The zero-order chi connectivity index (χ0) is 12.6. The molecule has 0 aromatic heterocycles. The largest absolute Gasteiger partial charge is 0.492 e. The van der Waals surface area contributed by atoms with E-state index in [0.717, 1.165) is 17.9 Å². The normalized spacial score (nSPS) is 15.8. The van der Waals surface area contributed by atoms with Gasteiger partial charge in [-0.05, 0) is 30.9 Å². The maximum absolute atomic E-state index is 8.74. The number of hydrogen-bond donors (Lipinski definition) is 1. The van der Waals surface area contributed by atoms with Crippen molar-refractivity contribution in [1.82, 2.24) is 0 Å². The summed E-state index contributed by atoms with van der Waals surface area (Å²) >= 11 is 0. The van der Waals surface area contributed by atoms with Gasteiger partial charge in [-0.25, -0.2) is 0 Å². The van der Waals surface area contributed by atoms with Gasteiger partial charge in [0.15, 0.2) is 0 Å². The number of aliphatic hydroxyl groups excluding tert-OH is 1. The fraction of sp³-hybridized carbons (Fsp3) is 0.500. The number of ether oxygens (including phenoxy) is 1. The van der Waals surface area contributed by atoms with Crippen molar-refractivity contribution < 1.29 is 9.84 Å². The second kappa shape index (κ2) is 7.08. The monoisotopic (exact) mass is 244 g/mol. The Morgan fingerprint density at radius 2 is 1.94 bits per heavy atom. The molecule has 0 unspecified atom stereocenters. The fourth-order valence-electron chi connectivity index (χ4n) is 2.39. The fourth-order valence-corrected chi connectivity index (χ4v) is 2.39. The van der Waals surface area contributed by atoms with Gasteiger partial charge >= 0.3 is 0 Å². The highest BCUT2D eigenvalue weighted by molar-refractivity contribution is 5.45. The summed E-state index contributed by atoms with van der Waals surface area (Å²) in [6.07, 6.45) is 6.60. The Bertz CT molecular complexity index is 422. The topological polar surface area (TPSA) is 29.5 Å². The average Bonchev–Trinajstić information content (AvgIpc) is 2.45. The van der Waals surface area contributed by atoms with Gasteiger partial charge in [-0.15, -0.1) is 0 Å². The van der Waals surface area contributed by atoms with Crippen LogP contribution in [0.1, 0.15) is 37.7 Å². The van der Waals surface area contributed by atoms with Crippen molar-refractivity contribution in [2.75, 3.05) is 13.2 Å². The quantitative estimate of drug-likeness (QED) is 0.828. The average molecular weight is 244 g/mol. The second-order valence-corrected chi connectivity index (χ2v) is 4.77. The first-order valence-electron chi connectivity index (χ1n) is 6.71. The number of aliphatic hydroxyl groups is 1. The summed E-state index contributed by atoms with van der Waals surface area (Å²) in [6, 6.07) is 7.78. The van der Waals surface area contributed by atoms with E-state index in [1.165, 1.54) is 32.1 Å². The molecule has 0 radical (unpaired) electrons. The van der Waals surface area contributed by atoms with Crippen LogP contribution in [0.4, 0.5) is 0 Å². The van der Waals surface area contributed by atoms with E-state index in [0.29, 0.717) is 5.92 Å². The molecule has 2 rings (SSSR count). The molecular weight excluding hydrogens is 224 g/mol. The molecule has 96 valence electrons. The second-order valence-electron chi connectivity index (χ2n) is 4.77. The van der Waals surface area contributed by atoms with Crippen LogP contribution in [-0.2, 0) is 0 Å². The standard InChI is InChI=1S/C16H20O2/c17-12-6-10-15-9-4-5-11-16(15)18-13-14-7-2-1-3-8-14/h4-5,9,11,14,17H,1-3,7-8,12-13H2. The Kier molecular flexibility index (Phi) is 5.11. The lowest BCUT2D eigenvalue weighted by Crippen LogP contribution is -2.15. The lowest BCUT2D eigenvalue weighted by atomic mass is 9.90. The van der Waals surface area contributed by atoms with Crippen molar-refractivity contribution in [3.8, 4) is 17.6 Å². The molecule has 1 aliphatic rings. The van der Waals surface area contributed by atoms with Gasteiger partial charge < -0.3 is 9.84 Å². The Morgan fingerprint density at radius 3 is 2.72 bits per heavy atom. The lowest BCUT2D eigenvalue weighted by molar-refractivity contribution is 0.208. The molecular formula is C16H20O2. The molecule has 18 heavy (non-hydrogen) atoms. The van der Waals surface area contributed by atoms with Crippen LogP contribution in [0.5, 0.6) is 5.75 Å². The van der Waals surface area contributed by atoms with Crippen molar-refractivity contribution in [2.45, 2.75) is 32.1 Å². The summed E-state index contributed by atoms with van der Waals surface area (Å²) in [5.74, 6) is 7.12. The van der Waals surface area contributed by atoms with Gasteiger partial charge in [-0.1, -0.05) is 43.2 Å². The van der Waals surface area contributed by atoms with E-state index in [2.05, 4.69) is 11.8 Å². The van der Waals surface area contributed by atoms with E-state index < -0.39 is 0 Å². The molecule has 0 heterocycles. The van der Waals surface area contributed by atoms with Crippen LogP contribution < -0.4 is 4.74 Å². The first kappa shape index (κ1) is 13.0. The zero-order valence-electron chi connectivity index (χ0n) is 10.7. The van der Waals surface area contributed by atoms with Crippen LogP contribution in [0.2, 0.25) is 0 Å². The molecule has 0 saturated heterocycles. The maximum atomic E-state index is 8.74. The van der Waals surface area contributed by atoms with Crippen molar-refractivity contribution >= 4 is 0 Å². The summed E-state index contributed by atoms with van der Waals surface area (Å²) in [5, 5.41) is 8.74. The lowest BCUT2D eigenvalue weighted by Gasteiger charge is -2.21. The highest BCUT2D eigenvalue weighted by Gasteiger charge is 2.14. The zero-order valence-corrected chi connectivity index (χ0v) is 10.7. The van der Waals surface area contributed by atoms with E-state index in [4.69, 9.17) is 9.84 Å². The van der Waals surface area contributed by atoms with Crippen molar-refractivity contribution in [3.63, 3.8) is 0 Å². The maximum Gasteiger partial charge on any atom is 0.134 e. The van der Waals surface area contributed by atoms with E-state index in [1.54, 1.807) is 0 Å². The molecule has 1 N–H and O–H groups in total. The molecule has 2 heteroatoms. The Hall–Kier alpha value is -1.46. The smallest absolute Gasteiger partial charge is 0.134 e. The van der Waals surface area contributed by atoms with Crippen LogP contribution in [0.15, 0.2) is 24.3 Å². The van der Waals surface area contributed by atoms with Crippen molar-refractivity contribution in [1.29, 1.82) is 0 Å². The molecule has 2 nitrogen and oxygen atoms in total. The van der Waals surface area contributed by atoms with Gasteiger partial charge in [0.25, 0.3) is 0 Å². The molecule has 1 saturated carbocycles. The SMILES string of the molecule is OCC#Cc1ccccc1OCC1CCCCC1. The van der Waals surface area contributed by atoms with E-state index in [1.807, 2.05) is 24.3 Å². The van der Waals surface area contributed by atoms with E-state index in [9.17, 15) is 0 Å². The third-order valence-electron chi connectivity index (χ3n) is 3.39. The number of rotatable bonds is 3. The third-order valence-corrected chi connectivity index (χ3v) is 3.39.